The minimum atomic E-state index is -0.718. The summed E-state index contributed by atoms with van der Waals surface area (Å²) in [5.41, 5.74) is 2.00. The molecule has 858 valence electrons. The minimum absolute atomic E-state index is 0. The molecular formula is C111H234Ce12N12O12. The first-order valence-corrected chi connectivity index (χ1v) is 52.3. The predicted molar refractivity (Wildman–Crippen MR) is 604 cm³/mol. The Balaban J connectivity index is -0.0000000507. The SMILES string of the molecule is CCC(C)(O)C(C)=NC.CCC(C)(O)C(C)=NC(C)C.CCC(O)(C(C)=NC(C)C)C(C)C.CCC(O)(C(C)=NC)C(C)C.CCC(O)(CC)C(C)=NC.CCC(O)(CC)C(C)=NC(C)C.CCCC(O)(CC)C(C)=NC.CCCC(O)(CC)C(C)=NC(C)C.CCCC(O)(CC)C(C)=NCC.CCN=C(C)C(C)(O)CC.CCN=C(C)C(O)(CC)C(C)C.CCN=C(C)C(O)(CC)CC.[Ce].[Ce].[Ce].[Ce].[Ce].[Ce].[Ce].[Ce].[Ce].[Ce].[Ce].[Ce]. The summed E-state index contributed by atoms with van der Waals surface area (Å²) < 4.78 is 0. The number of nitrogens with zero attached hydrogens (tertiary/aromatic N) is 12. The van der Waals surface area contributed by atoms with Crippen LogP contribution in [0.25, 0.3) is 0 Å². The standard InChI is InChI=1S/2C11H23NO.3C10H21NO.4C9H19NO.2C8H17NO.C7H15NO.12Ce/c1-7-11(13,8(2)3)10(6)12-9(4)5;1-6-8-11(13,7-2)10(5)12-9(3)4;1-6-10(12,8(3)4)9(5)11-7-2;1-6-10(12,7-2)9(5)11-8(3)4;1-5-8-10(12,6-2)9(4)11-7-3;1-6-9(11,7(2)3)8(4)10-5;1-6-9(5,11)8(4)10-7(2)3;1-5-7-9(11,6-2)8(3)10-4;1-5-9(11,6-2)8(4)10-7-3;1-5-8(10,6-2)7(3)9-4;1-5-8(4,10)7(3)9-6-2;1-5-7(3,9)6(2)8-4;;;;;;;;;;;;/h8-9,13H,7H2,1-6H3;9,13H,6-8H2,1-5H3;2*8,12H,6-7H2,1-5H3;12H,5-8H2,1-4H3;2*7,11H,6H2,1-5H3;2*11H,5-7H2,1-4H3;2*10H,5-6H2,1-4H3;9H,5H2,1-4H3;;;;;;;;;;;;. The van der Waals surface area contributed by atoms with Gasteiger partial charge >= 0.3 is 0 Å². The van der Waals surface area contributed by atoms with Gasteiger partial charge in [-0.05, 0) is 320 Å². The largest absolute Gasteiger partial charge is 0.384 e. The molecule has 9 unspecified atom stereocenters. The molecule has 0 aliphatic rings. The van der Waals surface area contributed by atoms with E-state index in [-0.39, 0.29) is 543 Å². The molecule has 0 heterocycles. The molecule has 0 rings (SSSR count). The van der Waals surface area contributed by atoms with Crippen LogP contribution in [0.15, 0.2) is 59.9 Å². The minimum Gasteiger partial charge on any atom is -0.384 e. The fourth-order valence-corrected chi connectivity index (χ4v) is 13.8. The average Bonchev–Trinajstić information content (AvgIpc) is 0.834. The molecule has 36 heteroatoms. The number of aliphatic hydroxyl groups is 12. The average molecular weight is 3610 g/mol. The molecule has 0 spiro atoms. The van der Waals surface area contributed by atoms with Crippen molar-refractivity contribution in [2.75, 3.05) is 54.4 Å². The molecule has 0 aliphatic heterocycles. The molecule has 0 aliphatic carbocycles. The summed E-state index contributed by atoms with van der Waals surface area (Å²) >= 11 is 0. The number of hydrogen-bond donors (Lipinski definition) is 12. The predicted octanol–water partition coefficient (Wildman–Crippen LogP) is 25.0. The van der Waals surface area contributed by atoms with E-state index in [0.717, 1.165) is 230 Å². The van der Waals surface area contributed by atoms with E-state index >= 15 is 0 Å². The summed E-state index contributed by atoms with van der Waals surface area (Å²) in [5.74, 6) is 0.689. The van der Waals surface area contributed by atoms with E-state index in [9.17, 15) is 61.3 Å². The van der Waals surface area contributed by atoms with Crippen molar-refractivity contribution in [3.05, 3.63) is 0 Å². The number of hydrogen-bond acceptors (Lipinski definition) is 24. The third kappa shape index (κ3) is 101. The van der Waals surface area contributed by atoms with Crippen LogP contribution in [-0.4, -0.2) is 276 Å². The van der Waals surface area contributed by atoms with Gasteiger partial charge in [0.05, 0.1) is 16.8 Å². The normalized spacial score (nSPS) is 15.8. The van der Waals surface area contributed by atoms with Crippen LogP contribution in [-0.2, 0) is 0 Å². The summed E-state index contributed by atoms with van der Waals surface area (Å²) in [6.45, 7) is 103. The Morgan fingerprint density at radius 3 is 0.537 bits per heavy atom. The van der Waals surface area contributed by atoms with Crippen molar-refractivity contribution in [2.45, 2.75) is 579 Å². The van der Waals surface area contributed by atoms with Crippen molar-refractivity contribution < 1.29 is 562 Å². The van der Waals surface area contributed by atoms with Crippen LogP contribution in [0.5, 0.6) is 0 Å². The number of aliphatic imine (C=N–C) groups is 12. The fraction of sp³-hybridized carbons (Fsp3) is 0.892. The smallest absolute Gasteiger partial charge is 0.104 e. The first-order chi connectivity index (χ1) is 61.6. The van der Waals surface area contributed by atoms with Gasteiger partial charge in [0, 0.05) is 648 Å². The maximum absolute atomic E-state index is 10.3. The Labute approximate surface area is 1310 Å². The van der Waals surface area contributed by atoms with Crippen LogP contribution in [0.1, 0.15) is 488 Å². The van der Waals surface area contributed by atoms with Gasteiger partial charge in [-0.2, -0.15) is 0 Å². The molecule has 0 bridgehead atoms. The van der Waals surface area contributed by atoms with E-state index in [2.05, 4.69) is 80.7 Å². The van der Waals surface area contributed by atoms with Crippen molar-refractivity contribution in [3.8, 4) is 0 Å². The van der Waals surface area contributed by atoms with Gasteiger partial charge in [0.1, 0.15) is 50.4 Å². The van der Waals surface area contributed by atoms with Crippen LogP contribution >= 0.6 is 0 Å². The van der Waals surface area contributed by atoms with E-state index in [1.165, 1.54) is 0 Å². The maximum atomic E-state index is 10.3. The van der Waals surface area contributed by atoms with Crippen LogP contribution in [0.2, 0.25) is 0 Å². The van der Waals surface area contributed by atoms with Crippen molar-refractivity contribution in [2.24, 2.45) is 77.7 Å². The Kier molecular flexibility index (Phi) is 182. The second-order valence-electron chi connectivity index (χ2n) is 38.5. The van der Waals surface area contributed by atoms with E-state index in [1.54, 1.807) is 49.0 Å². The molecular weight excluding hydrogens is 3370 g/mol. The molecule has 0 aromatic rings. The summed E-state index contributed by atoms with van der Waals surface area (Å²) in [6.07, 6.45) is 16.5. The van der Waals surface area contributed by atoms with Gasteiger partial charge in [-0.15, -0.1) is 0 Å². The molecule has 0 aromatic carbocycles. The molecule has 0 saturated carbocycles. The zero-order valence-corrected chi connectivity index (χ0v) is 143. The molecule has 0 amide bonds. The molecule has 24 nitrogen and oxygen atoms in total. The van der Waals surface area contributed by atoms with Crippen molar-refractivity contribution >= 4 is 68.5 Å². The topological polar surface area (TPSA) is 391 Å². The molecule has 0 saturated heterocycles. The van der Waals surface area contributed by atoms with Gasteiger partial charge in [0.2, 0.25) is 0 Å². The second kappa shape index (κ2) is 123. The van der Waals surface area contributed by atoms with Gasteiger partial charge in [-0.1, -0.05) is 185 Å². The molecule has 0 aromatic heterocycles. The van der Waals surface area contributed by atoms with Gasteiger partial charge in [0.25, 0.3) is 0 Å². The Bertz CT molecular complexity index is 3370. The van der Waals surface area contributed by atoms with Crippen LogP contribution in [0.3, 0.4) is 0 Å². The molecule has 0 fully saturated rings. The van der Waals surface area contributed by atoms with Crippen molar-refractivity contribution in [1.82, 2.24) is 0 Å². The summed E-state index contributed by atoms with van der Waals surface area (Å²) in [5, 5.41) is 119. The summed E-state index contributed by atoms with van der Waals surface area (Å²) in [7, 11) is 6.86. The third-order valence-corrected chi connectivity index (χ3v) is 26.8. The Morgan fingerprint density at radius 2 is 0.347 bits per heavy atom. The van der Waals surface area contributed by atoms with E-state index in [1.807, 2.05) is 312 Å². The van der Waals surface area contributed by atoms with Gasteiger partial charge in [0.15, 0.2) is 0 Å². The molecule has 147 heavy (non-hydrogen) atoms. The van der Waals surface area contributed by atoms with Crippen molar-refractivity contribution in [3.63, 3.8) is 0 Å². The molecule has 9 atom stereocenters. The van der Waals surface area contributed by atoms with Gasteiger partial charge < -0.3 is 61.3 Å². The number of rotatable bonds is 44. The first kappa shape index (κ1) is 218. The van der Waals surface area contributed by atoms with Crippen molar-refractivity contribution in [1.29, 1.82) is 0 Å². The van der Waals surface area contributed by atoms with E-state index < -0.39 is 67.2 Å². The van der Waals surface area contributed by atoms with E-state index in [0.29, 0.717) is 0 Å². The van der Waals surface area contributed by atoms with Gasteiger partial charge in [-0.25, -0.2) is 0 Å². The second-order valence-corrected chi connectivity index (χ2v) is 38.5. The zero-order valence-electron chi connectivity index (χ0n) is 105. The third-order valence-electron chi connectivity index (χ3n) is 26.8. The van der Waals surface area contributed by atoms with Crippen LogP contribution < -0.4 is 0 Å². The summed E-state index contributed by atoms with van der Waals surface area (Å²) in [4.78, 5) is 50.2. The summed E-state index contributed by atoms with van der Waals surface area (Å²) in [6, 6.07) is 1.08. The first-order valence-electron chi connectivity index (χ1n) is 52.3. The maximum Gasteiger partial charge on any atom is 0.104 e. The zero-order chi connectivity index (χ0) is 110. The monoisotopic (exact) mass is 3610 g/mol. The Hall–Kier alpha value is 12.1. The van der Waals surface area contributed by atoms with Crippen LogP contribution in [0, 0.1) is 519 Å². The fourth-order valence-electron chi connectivity index (χ4n) is 13.8. The van der Waals surface area contributed by atoms with Crippen LogP contribution in [0.4, 0.5) is 0 Å². The molecule has 12 N–H and O–H groups in total. The Morgan fingerprint density at radius 1 is 0.184 bits per heavy atom. The van der Waals surface area contributed by atoms with Gasteiger partial charge in [-0.3, -0.25) is 59.9 Å². The van der Waals surface area contributed by atoms with E-state index in [4.69, 9.17) is 0 Å². The quantitative estimate of drug-likeness (QED) is 0.0253. The molecule has 0 radical (unpaired) electrons.